The van der Waals surface area contributed by atoms with Crippen LogP contribution in [0.4, 0.5) is 10.5 Å². The number of amides is 1. The van der Waals surface area contributed by atoms with E-state index in [0.29, 0.717) is 0 Å². The molecule has 1 aliphatic rings. The summed E-state index contributed by atoms with van der Waals surface area (Å²) in [6, 6.07) is 8.90. The molecule has 0 N–H and O–H groups in total. The first-order valence-electron chi connectivity index (χ1n) is 7.56. The van der Waals surface area contributed by atoms with Gasteiger partial charge in [-0.2, -0.15) is 4.68 Å². The van der Waals surface area contributed by atoms with Crippen LogP contribution >= 0.6 is 0 Å². The molecule has 0 aliphatic heterocycles. The van der Waals surface area contributed by atoms with E-state index in [1.54, 1.807) is 4.90 Å². The van der Waals surface area contributed by atoms with Crippen LogP contribution in [0.5, 0.6) is 0 Å². The van der Waals surface area contributed by atoms with Crippen LogP contribution in [0.2, 0.25) is 0 Å². The average molecular weight is 301 g/mol. The molecule has 116 valence electrons. The molecule has 1 amide bonds. The second-order valence-corrected chi connectivity index (χ2v) is 5.59. The van der Waals surface area contributed by atoms with Gasteiger partial charge in [-0.25, -0.2) is 9.59 Å². The number of tetrazole rings is 1. The van der Waals surface area contributed by atoms with Crippen LogP contribution in [-0.4, -0.2) is 31.9 Å². The van der Waals surface area contributed by atoms with Crippen LogP contribution in [0.1, 0.15) is 39.2 Å². The Bertz CT molecular complexity index is 717. The van der Waals surface area contributed by atoms with Crippen LogP contribution in [0.25, 0.3) is 0 Å². The molecule has 0 saturated heterocycles. The maximum absolute atomic E-state index is 12.8. The van der Waals surface area contributed by atoms with E-state index in [2.05, 4.69) is 10.4 Å². The van der Waals surface area contributed by atoms with Crippen molar-refractivity contribution in [3.05, 3.63) is 40.8 Å². The highest BCUT2D eigenvalue weighted by atomic mass is 16.2. The van der Waals surface area contributed by atoms with Crippen molar-refractivity contribution in [3.63, 3.8) is 0 Å². The Morgan fingerprint density at radius 1 is 1.32 bits per heavy atom. The zero-order valence-electron chi connectivity index (χ0n) is 12.7. The fourth-order valence-electron chi connectivity index (χ4n) is 2.35. The van der Waals surface area contributed by atoms with Gasteiger partial charge >= 0.3 is 11.7 Å². The van der Waals surface area contributed by atoms with E-state index in [1.807, 2.05) is 44.2 Å². The number of para-hydroxylation sites is 1. The van der Waals surface area contributed by atoms with Crippen molar-refractivity contribution < 1.29 is 4.79 Å². The minimum absolute atomic E-state index is 0.0483. The molecular formula is C15H19N5O2. The Morgan fingerprint density at radius 2 is 2.00 bits per heavy atom. The van der Waals surface area contributed by atoms with Gasteiger partial charge in [0, 0.05) is 11.7 Å². The molecule has 1 aromatic heterocycles. The van der Waals surface area contributed by atoms with Crippen LogP contribution in [0.15, 0.2) is 35.1 Å². The number of aromatic nitrogens is 4. The van der Waals surface area contributed by atoms with Gasteiger partial charge in [0.15, 0.2) is 0 Å². The summed E-state index contributed by atoms with van der Waals surface area (Å²) in [5.41, 5.74) is 0.284. The molecule has 1 aromatic carbocycles. The lowest BCUT2D eigenvalue weighted by molar-refractivity contribution is 0.241. The summed E-state index contributed by atoms with van der Waals surface area (Å²) in [6.07, 6.45) is 2.60. The summed E-state index contributed by atoms with van der Waals surface area (Å²) >= 11 is 0. The lowest BCUT2D eigenvalue weighted by Gasteiger charge is -2.27. The fraction of sp³-hybridized carbons (Fsp3) is 0.467. The van der Waals surface area contributed by atoms with Gasteiger partial charge in [0.25, 0.3) is 0 Å². The van der Waals surface area contributed by atoms with Crippen molar-refractivity contribution in [2.75, 3.05) is 4.90 Å². The van der Waals surface area contributed by atoms with Crippen LogP contribution in [0.3, 0.4) is 0 Å². The van der Waals surface area contributed by atoms with E-state index in [4.69, 9.17) is 0 Å². The first-order chi connectivity index (χ1) is 10.6. The van der Waals surface area contributed by atoms with Crippen LogP contribution < -0.4 is 10.6 Å². The summed E-state index contributed by atoms with van der Waals surface area (Å²) in [5.74, 6) is 0. The number of anilines is 1. The summed E-state index contributed by atoms with van der Waals surface area (Å²) in [7, 11) is 0. The molecular weight excluding hydrogens is 282 g/mol. The third kappa shape index (κ3) is 2.54. The molecule has 1 fully saturated rings. The highest BCUT2D eigenvalue weighted by Crippen LogP contribution is 2.32. The maximum atomic E-state index is 12.8. The van der Waals surface area contributed by atoms with Crippen molar-refractivity contribution in [1.29, 1.82) is 0 Å². The topological polar surface area (TPSA) is 73.0 Å². The predicted molar refractivity (Wildman–Crippen MR) is 82.0 cm³/mol. The number of carbonyl (C=O) groups excluding carboxylic acids is 1. The molecule has 1 atom stereocenters. The van der Waals surface area contributed by atoms with Crippen LogP contribution in [-0.2, 0) is 0 Å². The molecule has 7 nitrogen and oxygen atoms in total. The molecule has 0 spiro atoms. The number of benzene rings is 1. The van der Waals surface area contributed by atoms with Crippen molar-refractivity contribution in [3.8, 4) is 0 Å². The lowest BCUT2D eigenvalue weighted by atomic mass is 10.2. The smallest absolute Gasteiger partial charge is 0.290 e. The molecule has 1 saturated carbocycles. The van der Waals surface area contributed by atoms with Crippen molar-refractivity contribution in [2.45, 2.75) is 45.2 Å². The Hall–Kier alpha value is -2.44. The zero-order valence-corrected chi connectivity index (χ0v) is 12.7. The Morgan fingerprint density at radius 3 is 2.59 bits per heavy atom. The van der Waals surface area contributed by atoms with Gasteiger partial charge in [-0.15, -0.1) is 4.68 Å². The molecule has 7 heteroatoms. The van der Waals surface area contributed by atoms with E-state index in [9.17, 15) is 9.59 Å². The summed E-state index contributed by atoms with van der Waals surface area (Å²) < 4.78 is 2.16. The van der Waals surface area contributed by atoms with E-state index in [0.717, 1.165) is 29.6 Å². The van der Waals surface area contributed by atoms with E-state index < -0.39 is 11.7 Å². The van der Waals surface area contributed by atoms with Gasteiger partial charge in [0.1, 0.15) is 0 Å². The first-order valence-corrected chi connectivity index (χ1v) is 7.56. The van der Waals surface area contributed by atoms with Crippen molar-refractivity contribution >= 4 is 11.7 Å². The van der Waals surface area contributed by atoms with Crippen LogP contribution in [0, 0.1) is 0 Å². The summed E-state index contributed by atoms with van der Waals surface area (Å²) in [5, 5.41) is 7.60. The number of hydrogen-bond donors (Lipinski definition) is 0. The molecule has 1 aliphatic carbocycles. The second-order valence-electron chi connectivity index (χ2n) is 5.59. The van der Waals surface area contributed by atoms with Gasteiger partial charge in [-0.3, -0.25) is 4.90 Å². The first kappa shape index (κ1) is 14.5. The largest absolute Gasteiger partial charge is 0.372 e. The SMILES string of the molecule is CCC(C)N(C(=O)n1nnn(C2CC2)c1=O)c1ccccc1. The molecule has 3 rings (SSSR count). The quantitative estimate of drug-likeness (QED) is 0.810. The summed E-state index contributed by atoms with van der Waals surface area (Å²) in [6.45, 7) is 3.94. The van der Waals surface area contributed by atoms with Gasteiger partial charge in [0.05, 0.1) is 6.04 Å². The Balaban J connectivity index is 1.97. The highest BCUT2D eigenvalue weighted by Gasteiger charge is 2.31. The number of hydrogen-bond acceptors (Lipinski definition) is 4. The molecule has 0 radical (unpaired) electrons. The Kier molecular flexibility index (Phi) is 3.79. The number of rotatable bonds is 4. The Labute approximate surface area is 128 Å². The normalized spacial score (nSPS) is 15.5. The molecule has 2 aromatic rings. The van der Waals surface area contributed by atoms with E-state index in [1.165, 1.54) is 4.68 Å². The average Bonchev–Trinajstić information content (AvgIpc) is 3.31. The molecule has 22 heavy (non-hydrogen) atoms. The van der Waals surface area contributed by atoms with Crippen molar-refractivity contribution in [2.24, 2.45) is 0 Å². The fourth-order valence-corrected chi connectivity index (χ4v) is 2.35. The standard InChI is InChI=1S/C15H19N5O2/c1-3-11(2)18(12-7-5-4-6-8-12)14(21)20-15(22)19(16-17-20)13-9-10-13/h4-8,11,13H,3,9-10H2,1-2H3. The molecule has 0 bridgehead atoms. The monoisotopic (exact) mass is 301 g/mol. The van der Waals surface area contributed by atoms with Gasteiger partial charge < -0.3 is 0 Å². The molecule has 1 unspecified atom stereocenters. The number of carbonyl (C=O) groups is 1. The highest BCUT2D eigenvalue weighted by molar-refractivity contribution is 5.93. The second kappa shape index (κ2) is 5.75. The zero-order chi connectivity index (χ0) is 15.7. The summed E-state index contributed by atoms with van der Waals surface area (Å²) in [4.78, 5) is 26.7. The minimum Gasteiger partial charge on any atom is -0.290 e. The minimum atomic E-state index is -0.461. The van der Waals surface area contributed by atoms with E-state index in [-0.39, 0.29) is 12.1 Å². The third-order valence-electron chi connectivity index (χ3n) is 3.95. The van der Waals surface area contributed by atoms with Gasteiger partial charge in [-0.05, 0) is 48.7 Å². The molecule has 1 heterocycles. The van der Waals surface area contributed by atoms with E-state index >= 15 is 0 Å². The van der Waals surface area contributed by atoms with Crippen molar-refractivity contribution in [1.82, 2.24) is 19.8 Å². The lowest BCUT2D eigenvalue weighted by Crippen LogP contribution is -2.45. The maximum Gasteiger partial charge on any atom is 0.372 e. The van der Waals surface area contributed by atoms with Gasteiger partial charge in [-0.1, -0.05) is 25.1 Å². The van der Waals surface area contributed by atoms with Gasteiger partial charge in [0.2, 0.25) is 0 Å². The predicted octanol–water partition coefficient (Wildman–Crippen LogP) is 2.05. The third-order valence-corrected chi connectivity index (χ3v) is 3.95. The number of nitrogens with zero attached hydrogens (tertiary/aromatic N) is 5.